The summed E-state index contributed by atoms with van der Waals surface area (Å²) in [4.78, 5) is 10.6. The maximum Gasteiger partial charge on any atom is 0.215 e. The highest BCUT2D eigenvalue weighted by molar-refractivity contribution is 6.33. The molecule has 0 amide bonds. The third-order valence-electron chi connectivity index (χ3n) is 4.10. The first-order valence-corrected chi connectivity index (χ1v) is 8.07. The van der Waals surface area contributed by atoms with Gasteiger partial charge in [-0.3, -0.25) is 0 Å². The van der Waals surface area contributed by atoms with Gasteiger partial charge in [0.15, 0.2) is 0 Å². The molecule has 0 radical (unpaired) electrons. The lowest BCUT2D eigenvalue weighted by atomic mass is 9.96. The number of rotatable bonds is 4. The predicted molar refractivity (Wildman–Crippen MR) is 90.4 cm³/mol. The van der Waals surface area contributed by atoms with E-state index in [1.807, 2.05) is 24.3 Å². The minimum Gasteiger partial charge on any atom is -0.481 e. The Bertz CT molecular complexity index is 654. The summed E-state index contributed by atoms with van der Waals surface area (Å²) >= 11 is 6.30. The number of nitrogens with zero attached hydrogens (tertiary/aromatic N) is 3. The van der Waals surface area contributed by atoms with Crippen molar-refractivity contribution in [2.24, 2.45) is 5.92 Å². The molecule has 6 heteroatoms. The average molecular weight is 334 g/mol. The van der Waals surface area contributed by atoms with Gasteiger partial charge in [-0.1, -0.05) is 24.6 Å². The van der Waals surface area contributed by atoms with E-state index in [1.165, 1.54) is 0 Å². The number of anilines is 1. The van der Waals surface area contributed by atoms with Crippen molar-refractivity contribution < 1.29 is 9.47 Å². The van der Waals surface area contributed by atoms with Crippen molar-refractivity contribution in [1.82, 2.24) is 9.97 Å². The molecule has 0 aliphatic carbocycles. The highest BCUT2D eigenvalue weighted by atomic mass is 35.5. The molecule has 2 aromatic heterocycles. The second-order valence-electron chi connectivity index (χ2n) is 5.71. The number of hydrogen-bond donors (Lipinski definition) is 0. The van der Waals surface area contributed by atoms with Gasteiger partial charge in [0.1, 0.15) is 6.10 Å². The first-order chi connectivity index (χ1) is 11.2. The van der Waals surface area contributed by atoms with Crippen LogP contribution in [0.4, 0.5) is 5.69 Å². The van der Waals surface area contributed by atoms with E-state index < -0.39 is 0 Å². The van der Waals surface area contributed by atoms with Crippen molar-refractivity contribution in [2.75, 3.05) is 25.1 Å². The summed E-state index contributed by atoms with van der Waals surface area (Å²) in [7, 11) is 1.61. The molecule has 0 saturated carbocycles. The molecular weight excluding hydrogens is 314 g/mol. The van der Waals surface area contributed by atoms with Crippen LogP contribution in [0.5, 0.6) is 11.8 Å². The highest BCUT2D eigenvalue weighted by Crippen LogP contribution is 2.32. The molecule has 3 rings (SSSR count). The molecule has 1 saturated heterocycles. The van der Waals surface area contributed by atoms with E-state index in [-0.39, 0.29) is 6.10 Å². The number of ether oxygens (including phenoxy) is 2. The van der Waals surface area contributed by atoms with Crippen LogP contribution in [0.15, 0.2) is 36.7 Å². The Kier molecular flexibility index (Phi) is 4.86. The molecule has 3 heterocycles. The minimum atomic E-state index is 0.156. The molecule has 1 aliphatic rings. The summed E-state index contributed by atoms with van der Waals surface area (Å²) in [6.45, 7) is 3.92. The first kappa shape index (κ1) is 15.9. The molecule has 0 aromatic carbocycles. The van der Waals surface area contributed by atoms with E-state index >= 15 is 0 Å². The van der Waals surface area contributed by atoms with Crippen LogP contribution >= 0.6 is 11.6 Å². The summed E-state index contributed by atoms with van der Waals surface area (Å²) in [5, 5.41) is 0.641. The summed E-state index contributed by atoms with van der Waals surface area (Å²) in [6.07, 6.45) is 4.46. The van der Waals surface area contributed by atoms with Crippen LogP contribution in [0, 0.1) is 5.92 Å². The molecule has 5 nitrogen and oxygen atoms in total. The Morgan fingerprint density at radius 3 is 2.83 bits per heavy atom. The lowest BCUT2D eigenvalue weighted by Crippen LogP contribution is -2.44. The van der Waals surface area contributed by atoms with Crippen molar-refractivity contribution in [3.63, 3.8) is 0 Å². The van der Waals surface area contributed by atoms with Crippen molar-refractivity contribution in [3.05, 3.63) is 41.7 Å². The third-order valence-corrected chi connectivity index (χ3v) is 4.39. The molecular formula is C17H20ClN3O2. The zero-order valence-electron chi connectivity index (χ0n) is 13.3. The monoisotopic (exact) mass is 333 g/mol. The standard InChI is InChI=1S/C17H20ClN3O2/c1-12-11-21(14-9-17(22-2)20-10-13(14)18)8-6-15(12)23-16-5-3-4-7-19-16/h3-5,7,9-10,12,15H,6,8,11H2,1-2H3. The fourth-order valence-electron chi connectivity index (χ4n) is 2.85. The van der Waals surface area contributed by atoms with Gasteiger partial charge in [0.05, 0.1) is 24.0 Å². The Morgan fingerprint density at radius 2 is 2.13 bits per heavy atom. The van der Waals surface area contributed by atoms with Gasteiger partial charge in [0.25, 0.3) is 0 Å². The van der Waals surface area contributed by atoms with Crippen LogP contribution in [0.2, 0.25) is 5.02 Å². The molecule has 0 spiro atoms. The van der Waals surface area contributed by atoms with Crippen LogP contribution in [-0.2, 0) is 0 Å². The number of methoxy groups -OCH3 is 1. The SMILES string of the molecule is COc1cc(N2CCC(Oc3ccccn3)C(C)C2)c(Cl)cn1. The lowest BCUT2D eigenvalue weighted by molar-refractivity contribution is 0.116. The summed E-state index contributed by atoms with van der Waals surface area (Å²) < 4.78 is 11.2. The zero-order valence-corrected chi connectivity index (χ0v) is 14.0. The number of aromatic nitrogens is 2. The molecule has 2 unspecified atom stereocenters. The second kappa shape index (κ2) is 7.04. The van der Waals surface area contributed by atoms with Crippen LogP contribution in [0.1, 0.15) is 13.3 Å². The Labute approximate surface area is 141 Å². The number of halogens is 1. The predicted octanol–water partition coefficient (Wildman–Crippen LogP) is 3.43. The van der Waals surface area contributed by atoms with Crippen LogP contribution in [-0.4, -0.2) is 36.3 Å². The van der Waals surface area contributed by atoms with Crippen molar-refractivity contribution in [1.29, 1.82) is 0 Å². The van der Waals surface area contributed by atoms with Gasteiger partial charge < -0.3 is 14.4 Å². The first-order valence-electron chi connectivity index (χ1n) is 7.69. The van der Waals surface area contributed by atoms with Gasteiger partial charge in [-0.05, 0) is 6.07 Å². The summed E-state index contributed by atoms with van der Waals surface area (Å²) in [6, 6.07) is 7.60. The van der Waals surface area contributed by atoms with Crippen LogP contribution < -0.4 is 14.4 Å². The van der Waals surface area contributed by atoms with Crippen LogP contribution in [0.25, 0.3) is 0 Å². The van der Waals surface area contributed by atoms with Gasteiger partial charge >= 0.3 is 0 Å². The van der Waals surface area contributed by atoms with Gasteiger partial charge in [0, 0.05) is 43.8 Å². The normalized spacial score (nSPS) is 21.1. The van der Waals surface area contributed by atoms with Gasteiger partial charge in [-0.2, -0.15) is 0 Å². The smallest absolute Gasteiger partial charge is 0.215 e. The Balaban J connectivity index is 1.69. The Hall–Kier alpha value is -2.01. The van der Waals surface area contributed by atoms with Crippen LogP contribution in [0.3, 0.4) is 0 Å². The summed E-state index contributed by atoms with van der Waals surface area (Å²) in [5.41, 5.74) is 0.960. The maximum atomic E-state index is 6.30. The molecule has 1 aliphatic heterocycles. The number of piperidine rings is 1. The topological polar surface area (TPSA) is 47.5 Å². The van der Waals surface area contributed by atoms with E-state index in [1.54, 1.807) is 19.5 Å². The molecule has 23 heavy (non-hydrogen) atoms. The molecule has 1 fully saturated rings. The van der Waals surface area contributed by atoms with E-state index in [9.17, 15) is 0 Å². The zero-order chi connectivity index (χ0) is 16.2. The van der Waals surface area contributed by atoms with Gasteiger partial charge in [0.2, 0.25) is 11.8 Å². The molecule has 0 N–H and O–H groups in total. The molecule has 122 valence electrons. The highest BCUT2D eigenvalue weighted by Gasteiger charge is 2.29. The summed E-state index contributed by atoms with van der Waals surface area (Å²) in [5.74, 6) is 1.62. The molecule has 0 bridgehead atoms. The van der Waals surface area contributed by atoms with Crippen molar-refractivity contribution in [3.8, 4) is 11.8 Å². The van der Waals surface area contributed by atoms with Crippen molar-refractivity contribution >= 4 is 17.3 Å². The van der Waals surface area contributed by atoms with E-state index in [0.717, 1.165) is 25.2 Å². The fourth-order valence-corrected chi connectivity index (χ4v) is 3.08. The van der Waals surface area contributed by atoms with Crippen molar-refractivity contribution in [2.45, 2.75) is 19.4 Å². The Morgan fingerprint density at radius 1 is 1.26 bits per heavy atom. The number of pyridine rings is 2. The van der Waals surface area contributed by atoms with E-state index in [2.05, 4.69) is 21.8 Å². The largest absolute Gasteiger partial charge is 0.481 e. The van der Waals surface area contributed by atoms with Gasteiger partial charge in [-0.15, -0.1) is 0 Å². The minimum absolute atomic E-state index is 0.156. The third kappa shape index (κ3) is 3.67. The quantitative estimate of drug-likeness (QED) is 0.857. The second-order valence-corrected chi connectivity index (χ2v) is 6.12. The molecule has 2 aromatic rings. The average Bonchev–Trinajstić information content (AvgIpc) is 2.58. The maximum absolute atomic E-state index is 6.30. The lowest BCUT2D eigenvalue weighted by Gasteiger charge is -2.38. The van der Waals surface area contributed by atoms with Gasteiger partial charge in [-0.25, -0.2) is 9.97 Å². The number of hydrogen-bond acceptors (Lipinski definition) is 5. The van der Waals surface area contributed by atoms with E-state index in [4.69, 9.17) is 21.1 Å². The fraction of sp³-hybridized carbons (Fsp3) is 0.412. The molecule has 2 atom stereocenters. The van der Waals surface area contributed by atoms with E-state index in [0.29, 0.717) is 22.7 Å².